The van der Waals surface area contributed by atoms with Crippen LogP contribution in [0, 0.1) is 10.1 Å². The predicted molar refractivity (Wildman–Crippen MR) is 127 cm³/mol. The lowest BCUT2D eigenvalue weighted by molar-refractivity contribution is -0.383. The van der Waals surface area contributed by atoms with Gasteiger partial charge in [-0.3, -0.25) is 15.1 Å². The minimum atomic E-state index is -0.345. The fraction of sp³-hybridized carbons (Fsp3) is 0.250. The zero-order chi connectivity index (χ0) is 22.1. The molecule has 32 heavy (non-hydrogen) atoms. The number of hydrogen-bond acceptors (Lipinski definition) is 7. The van der Waals surface area contributed by atoms with Crippen LogP contribution in [0.25, 0.3) is 22.2 Å². The van der Waals surface area contributed by atoms with Gasteiger partial charge in [-0.15, -0.1) is 11.3 Å². The maximum Gasteiger partial charge on any atom is 0.278 e. The van der Waals surface area contributed by atoms with E-state index in [-0.39, 0.29) is 10.6 Å². The number of nitro groups is 1. The molecule has 0 radical (unpaired) electrons. The van der Waals surface area contributed by atoms with Crippen molar-refractivity contribution in [3.63, 3.8) is 0 Å². The van der Waals surface area contributed by atoms with Gasteiger partial charge >= 0.3 is 0 Å². The van der Waals surface area contributed by atoms with E-state index in [9.17, 15) is 10.1 Å². The Morgan fingerprint density at radius 1 is 1.12 bits per heavy atom. The molecule has 2 aromatic carbocycles. The second kappa shape index (κ2) is 8.55. The van der Waals surface area contributed by atoms with Gasteiger partial charge in [-0.05, 0) is 43.2 Å². The molecule has 0 unspecified atom stereocenters. The molecule has 1 aliphatic heterocycles. The summed E-state index contributed by atoms with van der Waals surface area (Å²) in [4.78, 5) is 22.7. The summed E-state index contributed by atoms with van der Waals surface area (Å²) in [5.74, 6) is 1.23. The quantitative estimate of drug-likeness (QED) is 0.291. The molecule has 0 atom stereocenters. The van der Waals surface area contributed by atoms with Crippen LogP contribution in [0.3, 0.4) is 0 Å². The van der Waals surface area contributed by atoms with Crippen LogP contribution < -0.4 is 9.64 Å². The Labute approximate surface area is 189 Å². The number of benzene rings is 2. The van der Waals surface area contributed by atoms with Crippen molar-refractivity contribution in [3.05, 3.63) is 75.2 Å². The van der Waals surface area contributed by atoms with E-state index in [0.29, 0.717) is 16.8 Å². The Morgan fingerprint density at radius 2 is 1.94 bits per heavy atom. The van der Waals surface area contributed by atoms with Crippen molar-refractivity contribution in [2.75, 3.05) is 25.1 Å². The molecule has 4 aromatic rings. The number of nitrogens with zero attached hydrogens (tertiary/aromatic N) is 4. The maximum atomic E-state index is 11.4. The fourth-order valence-electron chi connectivity index (χ4n) is 4.38. The van der Waals surface area contributed by atoms with Crippen LogP contribution in [0.2, 0.25) is 0 Å². The first-order chi connectivity index (χ1) is 15.7. The fourth-order valence-corrected chi connectivity index (χ4v) is 5.37. The molecule has 5 rings (SSSR count). The first-order valence-electron chi connectivity index (χ1n) is 10.5. The summed E-state index contributed by atoms with van der Waals surface area (Å²) < 4.78 is 5.49. The number of methoxy groups -OCH3 is 1. The molecule has 1 fully saturated rings. The van der Waals surface area contributed by atoms with E-state index in [0.717, 1.165) is 53.6 Å². The lowest BCUT2D eigenvalue weighted by Gasteiger charge is -2.33. The summed E-state index contributed by atoms with van der Waals surface area (Å²) in [7, 11) is 1.68. The normalized spacial score (nSPS) is 14.6. The average Bonchev–Trinajstić information content (AvgIpc) is 3.33. The zero-order valence-electron chi connectivity index (χ0n) is 17.6. The number of hydrogen-bond donors (Lipinski definition) is 0. The van der Waals surface area contributed by atoms with E-state index >= 15 is 0 Å². The first-order valence-corrected chi connectivity index (χ1v) is 11.4. The maximum absolute atomic E-state index is 11.4. The Balaban J connectivity index is 1.35. The molecule has 0 amide bonds. The first kappa shape index (κ1) is 20.4. The van der Waals surface area contributed by atoms with Crippen molar-refractivity contribution in [3.8, 4) is 17.0 Å². The van der Waals surface area contributed by atoms with Crippen molar-refractivity contribution in [2.45, 2.75) is 18.8 Å². The molecule has 3 heterocycles. The number of anilines is 1. The van der Waals surface area contributed by atoms with Crippen molar-refractivity contribution >= 4 is 33.6 Å². The molecule has 0 saturated carbocycles. The third-order valence-corrected chi connectivity index (χ3v) is 7.02. The number of fused-ring (bicyclic) bond motifs is 1. The largest absolute Gasteiger partial charge is 0.496 e. The van der Waals surface area contributed by atoms with Crippen molar-refractivity contribution < 1.29 is 9.66 Å². The molecular weight excluding hydrogens is 424 g/mol. The predicted octanol–water partition coefficient (Wildman–Crippen LogP) is 5.66. The lowest BCUT2D eigenvalue weighted by Crippen LogP contribution is -2.33. The number of para-hydroxylation sites is 1. The van der Waals surface area contributed by atoms with Gasteiger partial charge in [0.25, 0.3) is 5.69 Å². The summed E-state index contributed by atoms with van der Waals surface area (Å²) in [5.41, 5.74) is 3.71. The number of non-ortho nitro benzene ring substituents is 1. The average molecular weight is 447 g/mol. The summed E-state index contributed by atoms with van der Waals surface area (Å²) in [6.45, 7) is 1.72. The molecule has 8 heteroatoms. The van der Waals surface area contributed by atoms with Gasteiger partial charge < -0.3 is 9.64 Å². The van der Waals surface area contributed by atoms with E-state index in [1.165, 1.54) is 0 Å². The van der Waals surface area contributed by atoms with Gasteiger partial charge in [-0.25, -0.2) is 4.98 Å². The highest BCUT2D eigenvalue weighted by Crippen LogP contribution is 2.38. The Hall–Kier alpha value is -3.52. The summed E-state index contributed by atoms with van der Waals surface area (Å²) in [6, 6.07) is 14.9. The minimum absolute atomic E-state index is 0.0957. The van der Waals surface area contributed by atoms with Crippen molar-refractivity contribution in [2.24, 2.45) is 0 Å². The molecular formula is C24H22N4O3S. The van der Waals surface area contributed by atoms with Gasteiger partial charge in [0.15, 0.2) is 0 Å². The van der Waals surface area contributed by atoms with E-state index in [2.05, 4.69) is 15.3 Å². The minimum Gasteiger partial charge on any atom is -0.496 e. The van der Waals surface area contributed by atoms with Gasteiger partial charge in [-0.2, -0.15) is 0 Å². The highest BCUT2D eigenvalue weighted by Gasteiger charge is 2.26. The Bertz CT molecular complexity index is 1280. The number of thiazole rings is 1. The molecule has 7 nitrogen and oxygen atoms in total. The summed E-state index contributed by atoms with van der Waals surface area (Å²) in [6.07, 6.45) is 3.64. The van der Waals surface area contributed by atoms with Crippen LogP contribution in [-0.2, 0) is 0 Å². The number of ether oxygens (including phenoxy) is 1. The number of aromatic nitrogens is 2. The van der Waals surface area contributed by atoms with Crippen LogP contribution in [0.15, 0.2) is 60.1 Å². The topological polar surface area (TPSA) is 81.4 Å². The van der Waals surface area contributed by atoms with E-state index in [1.807, 2.05) is 30.3 Å². The molecule has 0 N–H and O–H groups in total. The second-order valence-corrected chi connectivity index (χ2v) is 8.68. The van der Waals surface area contributed by atoms with Gasteiger partial charge in [0, 0.05) is 42.2 Å². The monoisotopic (exact) mass is 446 g/mol. The standard InChI is InChI=1S/C24H22N4O3S/c1-31-22-7-3-2-5-17(22)19-15-32-24(26-19)16-10-13-27(14-11-16)21-9-8-20(28(29)30)18-6-4-12-25-23(18)21/h2-9,12,15-16H,10-11,13-14H2,1H3. The smallest absolute Gasteiger partial charge is 0.278 e. The van der Waals surface area contributed by atoms with Crippen molar-refractivity contribution in [1.29, 1.82) is 0 Å². The second-order valence-electron chi connectivity index (χ2n) is 7.79. The van der Waals surface area contributed by atoms with Crippen LogP contribution >= 0.6 is 11.3 Å². The van der Waals surface area contributed by atoms with E-state index in [4.69, 9.17) is 9.72 Å². The molecule has 1 saturated heterocycles. The Kier molecular flexibility index (Phi) is 5.45. The highest BCUT2D eigenvalue weighted by atomic mass is 32.1. The van der Waals surface area contributed by atoms with Crippen LogP contribution in [0.5, 0.6) is 5.75 Å². The van der Waals surface area contributed by atoms with Crippen LogP contribution in [0.1, 0.15) is 23.8 Å². The number of piperidine rings is 1. The molecule has 1 aliphatic rings. The summed E-state index contributed by atoms with van der Waals surface area (Å²) >= 11 is 1.70. The van der Waals surface area contributed by atoms with Gasteiger partial charge in [-0.1, -0.05) is 12.1 Å². The SMILES string of the molecule is COc1ccccc1-c1csc(C2CCN(c3ccc([N+](=O)[O-])c4cccnc34)CC2)n1. The highest BCUT2D eigenvalue weighted by molar-refractivity contribution is 7.10. The molecule has 0 bridgehead atoms. The zero-order valence-corrected chi connectivity index (χ0v) is 18.4. The van der Waals surface area contributed by atoms with E-state index < -0.39 is 0 Å². The number of pyridine rings is 1. The van der Waals surface area contributed by atoms with Gasteiger partial charge in [0.1, 0.15) is 11.3 Å². The van der Waals surface area contributed by atoms with Gasteiger partial charge in [0.2, 0.25) is 0 Å². The molecule has 2 aromatic heterocycles. The Morgan fingerprint density at radius 3 is 2.72 bits per heavy atom. The summed E-state index contributed by atoms with van der Waals surface area (Å²) in [5, 5.41) is 15.2. The third kappa shape index (κ3) is 3.67. The van der Waals surface area contributed by atoms with Crippen molar-refractivity contribution in [1.82, 2.24) is 9.97 Å². The van der Waals surface area contributed by atoms with Crippen LogP contribution in [-0.4, -0.2) is 35.1 Å². The molecule has 0 aliphatic carbocycles. The van der Waals surface area contributed by atoms with Gasteiger partial charge in [0.05, 0.1) is 33.8 Å². The number of rotatable bonds is 5. The molecule has 0 spiro atoms. The third-order valence-electron chi connectivity index (χ3n) is 6.01. The molecule has 162 valence electrons. The number of nitro benzene ring substituents is 1. The lowest BCUT2D eigenvalue weighted by atomic mass is 9.96. The van der Waals surface area contributed by atoms with E-state index in [1.54, 1.807) is 42.8 Å². The van der Waals surface area contributed by atoms with Crippen LogP contribution in [0.4, 0.5) is 11.4 Å².